The molecule has 6 nitrogen and oxygen atoms in total. The van der Waals surface area contributed by atoms with Gasteiger partial charge in [0.25, 0.3) is 11.8 Å². The second kappa shape index (κ2) is 10.6. The Bertz CT molecular complexity index is 874. The summed E-state index contributed by atoms with van der Waals surface area (Å²) in [5.41, 5.74) is 2.77. The smallest absolute Gasteiger partial charge is 0.325 e. The van der Waals surface area contributed by atoms with E-state index in [1.54, 1.807) is 23.1 Å². The molecule has 0 radical (unpaired) electrons. The Morgan fingerprint density at radius 1 is 1.03 bits per heavy atom. The van der Waals surface area contributed by atoms with Crippen LogP contribution in [-0.4, -0.2) is 48.9 Å². The summed E-state index contributed by atoms with van der Waals surface area (Å²) >= 11 is 0. The van der Waals surface area contributed by atoms with Gasteiger partial charge in [0, 0.05) is 18.7 Å². The molecule has 30 heavy (non-hydrogen) atoms. The van der Waals surface area contributed by atoms with Crippen LogP contribution in [0.4, 0.5) is 0 Å². The molecule has 0 saturated carbocycles. The van der Waals surface area contributed by atoms with Gasteiger partial charge in [-0.1, -0.05) is 48.0 Å². The van der Waals surface area contributed by atoms with Gasteiger partial charge in [0.05, 0.1) is 0 Å². The lowest BCUT2D eigenvalue weighted by Gasteiger charge is -2.32. The number of piperidine rings is 1. The maximum atomic E-state index is 12.3. The SMILES string of the molecule is Cc1cccc(C(=O)NCC(=O)OCC(=O)N2CCC(Cc3ccccc3)CC2)c1. The zero-order valence-corrected chi connectivity index (χ0v) is 17.3. The molecule has 6 heteroatoms. The molecule has 2 amide bonds. The summed E-state index contributed by atoms with van der Waals surface area (Å²) in [6, 6.07) is 17.5. The summed E-state index contributed by atoms with van der Waals surface area (Å²) in [6.07, 6.45) is 2.92. The van der Waals surface area contributed by atoms with E-state index in [0.29, 0.717) is 24.6 Å². The average molecular weight is 408 g/mol. The zero-order chi connectivity index (χ0) is 21.3. The van der Waals surface area contributed by atoms with Crippen molar-refractivity contribution in [2.24, 2.45) is 5.92 Å². The van der Waals surface area contributed by atoms with Crippen molar-refractivity contribution < 1.29 is 19.1 Å². The maximum absolute atomic E-state index is 12.3. The molecule has 1 heterocycles. The second-order valence-corrected chi connectivity index (χ2v) is 7.73. The van der Waals surface area contributed by atoms with Gasteiger partial charge in [0.1, 0.15) is 6.54 Å². The third-order valence-corrected chi connectivity index (χ3v) is 5.36. The normalized spacial score (nSPS) is 14.2. The number of aryl methyl sites for hydroxylation is 1. The van der Waals surface area contributed by atoms with Crippen LogP contribution in [-0.2, 0) is 20.7 Å². The summed E-state index contributed by atoms with van der Waals surface area (Å²) < 4.78 is 5.04. The third kappa shape index (κ3) is 6.44. The van der Waals surface area contributed by atoms with Crippen LogP contribution in [0.5, 0.6) is 0 Å². The number of rotatable bonds is 7. The van der Waals surface area contributed by atoms with Gasteiger partial charge in [-0.15, -0.1) is 0 Å². The topological polar surface area (TPSA) is 75.7 Å². The van der Waals surface area contributed by atoms with Gasteiger partial charge in [-0.3, -0.25) is 14.4 Å². The predicted molar refractivity (Wildman–Crippen MR) is 114 cm³/mol. The Kier molecular flexibility index (Phi) is 7.60. The van der Waals surface area contributed by atoms with E-state index >= 15 is 0 Å². The van der Waals surface area contributed by atoms with Crippen LogP contribution < -0.4 is 5.32 Å². The molecule has 0 spiro atoms. The molecule has 3 rings (SSSR count). The summed E-state index contributed by atoms with van der Waals surface area (Å²) in [5.74, 6) is -0.590. The molecule has 0 unspecified atom stereocenters. The van der Waals surface area contributed by atoms with Crippen molar-refractivity contribution in [1.29, 1.82) is 0 Å². The standard InChI is InChI=1S/C24H28N2O4/c1-18-6-5-9-21(14-18)24(29)25-16-23(28)30-17-22(27)26-12-10-20(11-13-26)15-19-7-3-2-4-8-19/h2-9,14,20H,10-13,15-17H2,1H3,(H,25,29). The number of hydrogen-bond donors (Lipinski definition) is 1. The molecule has 2 aromatic carbocycles. The Balaban J connectivity index is 1.34. The highest BCUT2D eigenvalue weighted by Crippen LogP contribution is 2.21. The van der Waals surface area contributed by atoms with E-state index in [4.69, 9.17) is 4.74 Å². The first-order valence-electron chi connectivity index (χ1n) is 10.3. The molecular weight excluding hydrogens is 380 g/mol. The van der Waals surface area contributed by atoms with Crippen molar-refractivity contribution in [3.8, 4) is 0 Å². The van der Waals surface area contributed by atoms with E-state index in [-0.39, 0.29) is 25.0 Å². The summed E-state index contributed by atoms with van der Waals surface area (Å²) in [5, 5.41) is 2.52. The fourth-order valence-electron chi connectivity index (χ4n) is 3.66. The van der Waals surface area contributed by atoms with Gasteiger partial charge in [-0.25, -0.2) is 0 Å². The summed E-state index contributed by atoms with van der Waals surface area (Å²) in [6.45, 7) is 2.69. The molecule has 0 atom stereocenters. The van der Waals surface area contributed by atoms with Gasteiger partial charge in [0.15, 0.2) is 6.61 Å². The lowest BCUT2D eigenvalue weighted by Crippen LogP contribution is -2.41. The molecule has 2 aromatic rings. The van der Waals surface area contributed by atoms with Gasteiger partial charge >= 0.3 is 5.97 Å². The number of amides is 2. The van der Waals surface area contributed by atoms with Crippen molar-refractivity contribution in [1.82, 2.24) is 10.2 Å². The quantitative estimate of drug-likeness (QED) is 0.715. The average Bonchev–Trinajstić information content (AvgIpc) is 2.77. The predicted octanol–water partition coefficient (Wildman–Crippen LogP) is 2.75. The molecule has 0 aliphatic carbocycles. The highest BCUT2D eigenvalue weighted by atomic mass is 16.5. The van der Waals surface area contributed by atoms with Crippen LogP contribution >= 0.6 is 0 Å². The number of hydrogen-bond acceptors (Lipinski definition) is 4. The number of ether oxygens (including phenoxy) is 1. The number of carbonyl (C=O) groups excluding carboxylic acids is 3. The number of nitrogens with zero attached hydrogens (tertiary/aromatic N) is 1. The highest BCUT2D eigenvalue weighted by Gasteiger charge is 2.23. The Hall–Kier alpha value is -3.15. The summed E-state index contributed by atoms with van der Waals surface area (Å²) in [4.78, 5) is 38.0. The minimum absolute atomic E-state index is 0.188. The van der Waals surface area contributed by atoms with Crippen molar-refractivity contribution in [3.05, 3.63) is 71.3 Å². The maximum Gasteiger partial charge on any atom is 0.325 e. The van der Waals surface area contributed by atoms with Gasteiger partial charge < -0.3 is 15.0 Å². The van der Waals surface area contributed by atoms with E-state index < -0.39 is 5.97 Å². The lowest BCUT2D eigenvalue weighted by atomic mass is 9.90. The van der Waals surface area contributed by atoms with E-state index in [0.717, 1.165) is 24.8 Å². The van der Waals surface area contributed by atoms with Crippen LogP contribution in [0, 0.1) is 12.8 Å². The van der Waals surface area contributed by atoms with E-state index in [2.05, 4.69) is 17.4 Å². The van der Waals surface area contributed by atoms with E-state index in [1.807, 2.05) is 31.2 Å². The molecule has 1 N–H and O–H groups in total. The van der Waals surface area contributed by atoms with Gasteiger partial charge in [-0.2, -0.15) is 0 Å². The Morgan fingerprint density at radius 3 is 2.47 bits per heavy atom. The highest BCUT2D eigenvalue weighted by molar-refractivity contribution is 5.96. The lowest BCUT2D eigenvalue weighted by molar-refractivity contribution is -0.151. The first-order valence-corrected chi connectivity index (χ1v) is 10.3. The number of carbonyl (C=O) groups is 3. The van der Waals surface area contributed by atoms with Crippen LogP contribution in [0.3, 0.4) is 0 Å². The number of nitrogens with one attached hydrogen (secondary N) is 1. The van der Waals surface area contributed by atoms with Gasteiger partial charge in [-0.05, 0) is 49.8 Å². The molecule has 0 aromatic heterocycles. The Morgan fingerprint density at radius 2 is 1.77 bits per heavy atom. The fourth-order valence-corrected chi connectivity index (χ4v) is 3.66. The van der Waals surface area contributed by atoms with E-state index in [9.17, 15) is 14.4 Å². The Labute approximate surface area is 177 Å². The molecule has 0 bridgehead atoms. The molecule has 1 aliphatic heterocycles. The molecule has 1 saturated heterocycles. The molecule has 1 fully saturated rings. The number of benzene rings is 2. The monoisotopic (exact) mass is 408 g/mol. The van der Waals surface area contributed by atoms with Crippen molar-refractivity contribution in [2.75, 3.05) is 26.2 Å². The zero-order valence-electron chi connectivity index (χ0n) is 17.3. The minimum atomic E-state index is -0.622. The molecule has 158 valence electrons. The number of esters is 1. The first-order chi connectivity index (χ1) is 14.5. The minimum Gasteiger partial charge on any atom is -0.454 e. The van der Waals surface area contributed by atoms with Crippen LogP contribution in [0.25, 0.3) is 0 Å². The first kappa shape index (κ1) is 21.6. The van der Waals surface area contributed by atoms with Crippen molar-refractivity contribution in [2.45, 2.75) is 26.2 Å². The second-order valence-electron chi connectivity index (χ2n) is 7.73. The van der Waals surface area contributed by atoms with E-state index in [1.165, 1.54) is 5.56 Å². The van der Waals surface area contributed by atoms with Gasteiger partial charge in [0.2, 0.25) is 0 Å². The third-order valence-electron chi connectivity index (χ3n) is 5.36. The molecular formula is C24H28N2O4. The summed E-state index contributed by atoms with van der Waals surface area (Å²) in [7, 11) is 0. The number of likely N-dealkylation sites (tertiary alicyclic amines) is 1. The largest absolute Gasteiger partial charge is 0.454 e. The van der Waals surface area contributed by atoms with Crippen molar-refractivity contribution >= 4 is 17.8 Å². The molecule has 1 aliphatic rings. The fraction of sp³-hybridized carbons (Fsp3) is 0.375. The van der Waals surface area contributed by atoms with Crippen LogP contribution in [0.2, 0.25) is 0 Å². The van der Waals surface area contributed by atoms with Crippen molar-refractivity contribution in [3.63, 3.8) is 0 Å². The van der Waals surface area contributed by atoms with Crippen LogP contribution in [0.1, 0.15) is 34.3 Å². The van der Waals surface area contributed by atoms with Crippen LogP contribution in [0.15, 0.2) is 54.6 Å².